The van der Waals surface area contributed by atoms with Crippen LogP contribution in [-0.2, 0) is 4.79 Å². The second-order valence-electron chi connectivity index (χ2n) is 6.97. The number of thiophene rings is 1. The molecule has 1 aromatic carbocycles. The summed E-state index contributed by atoms with van der Waals surface area (Å²) in [7, 11) is 0. The Morgan fingerprint density at radius 2 is 2.00 bits per heavy atom. The molecule has 1 aliphatic heterocycles. The zero-order chi connectivity index (χ0) is 19.5. The molecule has 0 unspecified atom stereocenters. The summed E-state index contributed by atoms with van der Waals surface area (Å²) in [5, 5.41) is 14.4. The van der Waals surface area contributed by atoms with E-state index in [4.69, 9.17) is 11.6 Å². The molecule has 0 saturated carbocycles. The highest BCUT2D eigenvalue weighted by Crippen LogP contribution is 2.26. The Kier molecular flexibility index (Phi) is 5.59. The number of hydrogen-bond acceptors (Lipinski definition) is 5. The third kappa shape index (κ3) is 4.18. The molecule has 0 radical (unpaired) electrons. The van der Waals surface area contributed by atoms with Gasteiger partial charge in [-0.15, -0.1) is 21.5 Å². The molecule has 1 N–H and O–H groups in total. The van der Waals surface area contributed by atoms with E-state index >= 15 is 0 Å². The maximum Gasteiger partial charge on any atom is 0.227 e. The number of carbonyl (C=O) groups excluding carboxylic acids is 1. The number of benzene rings is 1. The van der Waals surface area contributed by atoms with Gasteiger partial charge < -0.3 is 10.2 Å². The number of carbonyl (C=O) groups is 1. The predicted octanol–water partition coefficient (Wildman–Crippen LogP) is 5.02. The second kappa shape index (κ2) is 8.29. The molecule has 144 valence electrons. The molecular formula is C21H21ClN4OS. The van der Waals surface area contributed by atoms with Crippen LogP contribution in [0.5, 0.6) is 0 Å². The number of rotatable bonds is 4. The molecule has 1 saturated heterocycles. The highest BCUT2D eigenvalue weighted by Gasteiger charge is 2.26. The number of hydrogen-bond donors (Lipinski definition) is 1. The van der Waals surface area contributed by atoms with E-state index in [1.807, 2.05) is 48.7 Å². The van der Waals surface area contributed by atoms with Crippen LogP contribution in [0.15, 0.2) is 47.8 Å². The third-order valence-electron chi connectivity index (χ3n) is 5.05. The van der Waals surface area contributed by atoms with E-state index in [1.165, 1.54) is 0 Å². The first-order valence-corrected chi connectivity index (χ1v) is 10.6. The molecule has 2 aromatic heterocycles. The summed E-state index contributed by atoms with van der Waals surface area (Å²) in [6.45, 7) is 3.53. The van der Waals surface area contributed by atoms with Gasteiger partial charge in [0.2, 0.25) is 5.91 Å². The number of piperidine rings is 1. The van der Waals surface area contributed by atoms with Crippen LogP contribution in [0.3, 0.4) is 0 Å². The molecular weight excluding hydrogens is 392 g/mol. The number of aryl methyl sites for hydroxylation is 1. The Balaban J connectivity index is 1.33. The molecule has 7 heteroatoms. The van der Waals surface area contributed by atoms with Gasteiger partial charge in [-0.1, -0.05) is 23.7 Å². The highest BCUT2D eigenvalue weighted by molar-refractivity contribution is 7.13. The zero-order valence-corrected chi connectivity index (χ0v) is 17.1. The molecule has 4 rings (SSSR count). The maximum absolute atomic E-state index is 12.6. The van der Waals surface area contributed by atoms with Crippen LogP contribution in [0.4, 0.5) is 11.5 Å². The Bertz CT molecular complexity index is 951. The monoisotopic (exact) mass is 412 g/mol. The molecule has 28 heavy (non-hydrogen) atoms. The van der Waals surface area contributed by atoms with Crippen molar-refractivity contribution in [3.63, 3.8) is 0 Å². The Morgan fingerprint density at radius 3 is 2.64 bits per heavy atom. The summed E-state index contributed by atoms with van der Waals surface area (Å²) < 4.78 is 0. The molecule has 0 aliphatic carbocycles. The Hall–Kier alpha value is -2.44. The van der Waals surface area contributed by atoms with Gasteiger partial charge in [-0.05, 0) is 61.0 Å². The smallest absolute Gasteiger partial charge is 0.227 e. The van der Waals surface area contributed by atoms with Crippen LogP contribution in [-0.4, -0.2) is 29.2 Å². The average molecular weight is 413 g/mol. The van der Waals surface area contributed by atoms with Crippen molar-refractivity contribution in [1.29, 1.82) is 0 Å². The number of nitrogens with zero attached hydrogens (tertiary/aromatic N) is 3. The van der Waals surface area contributed by atoms with Crippen molar-refractivity contribution in [3.8, 4) is 10.6 Å². The molecule has 1 fully saturated rings. The minimum atomic E-state index is -0.00493. The lowest BCUT2D eigenvalue weighted by Crippen LogP contribution is -2.38. The van der Waals surface area contributed by atoms with E-state index in [2.05, 4.69) is 20.4 Å². The van der Waals surface area contributed by atoms with E-state index in [0.29, 0.717) is 5.02 Å². The fourth-order valence-corrected chi connectivity index (χ4v) is 4.21. The first-order valence-electron chi connectivity index (χ1n) is 9.30. The van der Waals surface area contributed by atoms with Crippen molar-refractivity contribution in [1.82, 2.24) is 10.2 Å². The van der Waals surface area contributed by atoms with Crippen molar-refractivity contribution < 1.29 is 4.79 Å². The molecule has 1 amide bonds. The maximum atomic E-state index is 12.6. The molecule has 3 heterocycles. The summed E-state index contributed by atoms with van der Waals surface area (Å²) in [4.78, 5) is 15.9. The average Bonchev–Trinajstić information content (AvgIpc) is 3.26. The molecule has 0 spiro atoms. The number of halogens is 1. The summed E-state index contributed by atoms with van der Waals surface area (Å²) in [6.07, 6.45) is 1.58. The third-order valence-corrected chi connectivity index (χ3v) is 6.35. The van der Waals surface area contributed by atoms with Crippen molar-refractivity contribution in [2.45, 2.75) is 19.8 Å². The second-order valence-corrected chi connectivity index (χ2v) is 8.32. The quantitative estimate of drug-likeness (QED) is 0.653. The van der Waals surface area contributed by atoms with Gasteiger partial charge in [0.25, 0.3) is 0 Å². The van der Waals surface area contributed by atoms with Crippen LogP contribution >= 0.6 is 22.9 Å². The minimum Gasteiger partial charge on any atom is -0.355 e. The molecule has 0 bridgehead atoms. The van der Waals surface area contributed by atoms with Crippen molar-refractivity contribution >= 4 is 40.4 Å². The van der Waals surface area contributed by atoms with Gasteiger partial charge >= 0.3 is 0 Å². The van der Waals surface area contributed by atoms with E-state index in [0.717, 1.165) is 53.6 Å². The summed E-state index contributed by atoms with van der Waals surface area (Å²) in [5.41, 5.74) is 2.64. The van der Waals surface area contributed by atoms with Gasteiger partial charge in [-0.25, -0.2) is 0 Å². The topological polar surface area (TPSA) is 58.1 Å². The van der Waals surface area contributed by atoms with E-state index in [1.54, 1.807) is 17.4 Å². The van der Waals surface area contributed by atoms with Gasteiger partial charge in [0.1, 0.15) is 5.69 Å². The van der Waals surface area contributed by atoms with Crippen LogP contribution in [0.2, 0.25) is 5.02 Å². The van der Waals surface area contributed by atoms with Crippen LogP contribution in [0.1, 0.15) is 18.4 Å². The number of aromatic nitrogens is 2. The predicted molar refractivity (Wildman–Crippen MR) is 115 cm³/mol. The number of amides is 1. The first-order chi connectivity index (χ1) is 13.6. The van der Waals surface area contributed by atoms with Crippen LogP contribution < -0.4 is 10.2 Å². The fraction of sp³-hybridized carbons (Fsp3) is 0.286. The lowest BCUT2D eigenvalue weighted by atomic mass is 9.95. The number of nitrogens with one attached hydrogen (secondary N) is 1. The molecule has 3 aromatic rings. The van der Waals surface area contributed by atoms with Crippen molar-refractivity contribution in [2.24, 2.45) is 5.92 Å². The Labute approximate surface area is 173 Å². The highest BCUT2D eigenvalue weighted by atomic mass is 35.5. The zero-order valence-electron chi connectivity index (χ0n) is 15.6. The van der Waals surface area contributed by atoms with Crippen LogP contribution in [0, 0.1) is 12.8 Å². The van der Waals surface area contributed by atoms with Crippen molar-refractivity contribution in [3.05, 3.63) is 58.4 Å². The van der Waals surface area contributed by atoms with E-state index in [9.17, 15) is 4.79 Å². The van der Waals surface area contributed by atoms with Crippen LogP contribution in [0.25, 0.3) is 10.6 Å². The first kappa shape index (κ1) is 18.9. The summed E-state index contributed by atoms with van der Waals surface area (Å²) >= 11 is 7.80. The SMILES string of the molecule is Cc1ccc(NC(=O)C2CCN(c3ccc(-c4cccs4)nn3)CC2)cc1Cl. The standard InChI is InChI=1S/C21H21ClN4OS/c1-14-4-5-16(13-17(14)22)23-21(27)15-8-10-26(11-9-15)20-7-6-18(24-25-20)19-3-2-12-28-19/h2-7,12-13,15H,8-11H2,1H3,(H,23,27). The fourth-order valence-electron chi connectivity index (χ4n) is 3.34. The largest absolute Gasteiger partial charge is 0.355 e. The van der Waals surface area contributed by atoms with Gasteiger partial charge in [-0.2, -0.15) is 0 Å². The van der Waals surface area contributed by atoms with Gasteiger partial charge in [0.15, 0.2) is 5.82 Å². The van der Waals surface area contributed by atoms with Gasteiger partial charge in [-0.3, -0.25) is 4.79 Å². The van der Waals surface area contributed by atoms with E-state index < -0.39 is 0 Å². The van der Waals surface area contributed by atoms with Crippen molar-refractivity contribution in [2.75, 3.05) is 23.3 Å². The summed E-state index contributed by atoms with van der Waals surface area (Å²) in [5.74, 6) is 0.915. The van der Waals surface area contributed by atoms with Gasteiger partial charge in [0, 0.05) is 29.7 Å². The lowest BCUT2D eigenvalue weighted by molar-refractivity contribution is -0.120. The summed E-state index contributed by atoms with van der Waals surface area (Å²) in [6, 6.07) is 13.7. The Morgan fingerprint density at radius 1 is 1.18 bits per heavy atom. The minimum absolute atomic E-state index is 0.00493. The molecule has 1 aliphatic rings. The lowest BCUT2D eigenvalue weighted by Gasteiger charge is -2.31. The van der Waals surface area contributed by atoms with E-state index in [-0.39, 0.29) is 11.8 Å². The van der Waals surface area contributed by atoms with Gasteiger partial charge in [0.05, 0.1) is 4.88 Å². The normalized spacial score (nSPS) is 14.9. The number of anilines is 2. The molecule has 0 atom stereocenters. The molecule has 5 nitrogen and oxygen atoms in total.